The number of carbonyl (C=O) groups excluding carboxylic acids is 1. The van der Waals surface area contributed by atoms with E-state index in [-0.39, 0.29) is 11.6 Å². The lowest BCUT2D eigenvalue weighted by molar-refractivity contribution is -0.139. The van der Waals surface area contributed by atoms with E-state index in [2.05, 4.69) is 5.32 Å². The van der Waals surface area contributed by atoms with Gasteiger partial charge in [0.2, 0.25) is 0 Å². The predicted octanol–water partition coefficient (Wildman–Crippen LogP) is 2.48. The lowest BCUT2D eigenvalue weighted by Crippen LogP contribution is -2.34. The summed E-state index contributed by atoms with van der Waals surface area (Å²) in [5, 5.41) is 11.1. The van der Waals surface area contributed by atoms with Gasteiger partial charge in [-0.1, -0.05) is 0 Å². The van der Waals surface area contributed by atoms with Crippen LogP contribution in [0.5, 0.6) is 5.75 Å². The zero-order valence-corrected chi connectivity index (χ0v) is 10.9. The van der Waals surface area contributed by atoms with Crippen LogP contribution >= 0.6 is 0 Å². The van der Waals surface area contributed by atoms with Crippen molar-refractivity contribution in [2.45, 2.75) is 26.1 Å². The third kappa shape index (κ3) is 4.46. The quantitative estimate of drug-likeness (QED) is 0.925. The van der Waals surface area contributed by atoms with Crippen molar-refractivity contribution in [1.82, 2.24) is 5.32 Å². The maximum Gasteiger partial charge on any atom is 0.420 e. The number of nitriles is 1. The Morgan fingerprint density at radius 1 is 1.45 bits per heavy atom. The molecule has 0 aliphatic carbocycles. The number of hydrogen-bond donors (Lipinski definition) is 1. The summed E-state index contributed by atoms with van der Waals surface area (Å²) in [4.78, 5) is 11.3. The van der Waals surface area contributed by atoms with E-state index in [1.165, 1.54) is 6.07 Å². The van der Waals surface area contributed by atoms with Crippen LogP contribution in [0.15, 0.2) is 18.2 Å². The molecule has 0 spiro atoms. The van der Waals surface area contributed by atoms with Gasteiger partial charge in [0.25, 0.3) is 5.91 Å². The summed E-state index contributed by atoms with van der Waals surface area (Å²) in [7, 11) is 0. The first-order chi connectivity index (χ1) is 9.24. The highest BCUT2D eigenvalue weighted by molar-refractivity contribution is 5.77. The smallest absolute Gasteiger partial charge is 0.420 e. The van der Waals surface area contributed by atoms with Crippen LogP contribution in [0.2, 0.25) is 0 Å². The minimum Gasteiger partial charge on any atom is -0.483 e. The van der Waals surface area contributed by atoms with Gasteiger partial charge in [-0.15, -0.1) is 0 Å². The Morgan fingerprint density at radius 2 is 2.10 bits per heavy atom. The van der Waals surface area contributed by atoms with Crippen molar-refractivity contribution in [1.29, 1.82) is 5.26 Å². The lowest BCUT2D eigenvalue weighted by atomic mass is 10.1. The fourth-order valence-electron chi connectivity index (χ4n) is 1.45. The molecule has 0 fully saturated rings. The fourth-order valence-corrected chi connectivity index (χ4v) is 1.45. The van der Waals surface area contributed by atoms with Crippen molar-refractivity contribution in [2.24, 2.45) is 0 Å². The van der Waals surface area contributed by atoms with Crippen LogP contribution in [-0.4, -0.2) is 18.6 Å². The van der Waals surface area contributed by atoms with Crippen molar-refractivity contribution >= 4 is 5.91 Å². The van der Waals surface area contributed by atoms with Crippen LogP contribution in [0.25, 0.3) is 0 Å². The number of nitrogens with one attached hydrogen (secondary N) is 1. The van der Waals surface area contributed by atoms with Crippen molar-refractivity contribution in [2.75, 3.05) is 6.61 Å². The molecule has 1 N–H and O–H groups in total. The number of hydrogen-bond acceptors (Lipinski definition) is 3. The van der Waals surface area contributed by atoms with Crippen molar-refractivity contribution in [3.63, 3.8) is 0 Å². The molecule has 0 aliphatic rings. The van der Waals surface area contributed by atoms with E-state index in [1.807, 2.05) is 0 Å². The molecule has 1 rings (SSSR count). The van der Waals surface area contributed by atoms with Gasteiger partial charge in [0.05, 0.1) is 17.2 Å². The van der Waals surface area contributed by atoms with E-state index in [0.717, 1.165) is 6.07 Å². The molecule has 108 valence electrons. The Labute approximate surface area is 114 Å². The summed E-state index contributed by atoms with van der Waals surface area (Å²) in [5.41, 5.74) is -1.20. The van der Waals surface area contributed by atoms with Crippen LogP contribution < -0.4 is 10.1 Å². The van der Waals surface area contributed by atoms with E-state index in [4.69, 9.17) is 10.00 Å². The number of halogens is 3. The topological polar surface area (TPSA) is 62.1 Å². The monoisotopic (exact) mass is 286 g/mol. The van der Waals surface area contributed by atoms with Crippen LogP contribution in [0.1, 0.15) is 25.0 Å². The molecule has 1 amide bonds. The lowest BCUT2D eigenvalue weighted by Gasteiger charge is -2.14. The maximum absolute atomic E-state index is 12.8. The summed E-state index contributed by atoms with van der Waals surface area (Å²) in [6.07, 6.45) is -4.66. The zero-order valence-electron chi connectivity index (χ0n) is 10.9. The van der Waals surface area contributed by atoms with Crippen molar-refractivity contribution in [3.8, 4) is 11.8 Å². The van der Waals surface area contributed by atoms with Gasteiger partial charge in [-0.25, -0.2) is 0 Å². The Hall–Kier alpha value is -2.23. The average molecular weight is 286 g/mol. The predicted molar refractivity (Wildman–Crippen MR) is 64.9 cm³/mol. The summed E-state index contributed by atoms with van der Waals surface area (Å²) in [5.74, 6) is -0.993. The Morgan fingerprint density at radius 3 is 2.60 bits per heavy atom. The molecule has 20 heavy (non-hydrogen) atoms. The van der Waals surface area contributed by atoms with E-state index < -0.39 is 30.0 Å². The second kappa shape index (κ2) is 6.28. The van der Waals surface area contributed by atoms with Gasteiger partial charge in [-0.2, -0.15) is 18.4 Å². The number of benzene rings is 1. The molecule has 0 atom stereocenters. The first-order valence-corrected chi connectivity index (χ1v) is 5.77. The van der Waals surface area contributed by atoms with Gasteiger partial charge in [0.1, 0.15) is 5.75 Å². The second-order valence-corrected chi connectivity index (χ2v) is 4.33. The molecule has 0 heterocycles. The van der Waals surface area contributed by atoms with Gasteiger partial charge in [0, 0.05) is 6.04 Å². The van der Waals surface area contributed by atoms with E-state index >= 15 is 0 Å². The average Bonchev–Trinajstić information content (AvgIpc) is 2.34. The third-order valence-corrected chi connectivity index (χ3v) is 2.22. The van der Waals surface area contributed by atoms with Gasteiger partial charge in [-0.05, 0) is 32.0 Å². The summed E-state index contributed by atoms with van der Waals surface area (Å²) >= 11 is 0. The molecule has 0 aliphatic heterocycles. The highest BCUT2D eigenvalue weighted by Crippen LogP contribution is 2.36. The van der Waals surface area contributed by atoms with Crippen LogP contribution in [-0.2, 0) is 11.0 Å². The maximum atomic E-state index is 12.8. The number of rotatable bonds is 4. The van der Waals surface area contributed by atoms with E-state index in [0.29, 0.717) is 6.07 Å². The largest absolute Gasteiger partial charge is 0.483 e. The SMILES string of the molecule is CC(C)NC(=O)COc1ccc(C#N)cc1C(F)(F)F. The van der Waals surface area contributed by atoms with Gasteiger partial charge in [0.15, 0.2) is 6.61 Å². The van der Waals surface area contributed by atoms with Crippen molar-refractivity contribution in [3.05, 3.63) is 29.3 Å². The fraction of sp³-hybridized carbons (Fsp3) is 0.385. The summed E-state index contributed by atoms with van der Waals surface area (Å²) < 4.78 is 43.3. The van der Waals surface area contributed by atoms with Crippen LogP contribution in [0, 0.1) is 11.3 Å². The third-order valence-electron chi connectivity index (χ3n) is 2.22. The number of nitrogens with zero attached hydrogens (tertiary/aromatic N) is 1. The Kier molecular flexibility index (Phi) is 4.97. The normalized spacial score (nSPS) is 11.1. The molecule has 0 radical (unpaired) electrons. The molecule has 0 bridgehead atoms. The molecule has 0 unspecified atom stereocenters. The molecule has 7 heteroatoms. The van der Waals surface area contributed by atoms with E-state index in [1.54, 1.807) is 19.9 Å². The first kappa shape index (κ1) is 15.8. The van der Waals surface area contributed by atoms with Gasteiger partial charge >= 0.3 is 6.18 Å². The van der Waals surface area contributed by atoms with E-state index in [9.17, 15) is 18.0 Å². The highest BCUT2D eigenvalue weighted by Gasteiger charge is 2.34. The molecule has 0 saturated heterocycles. The minimum atomic E-state index is -4.66. The molecule has 4 nitrogen and oxygen atoms in total. The summed E-state index contributed by atoms with van der Waals surface area (Å²) in [6, 6.07) is 4.41. The van der Waals surface area contributed by atoms with Gasteiger partial charge < -0.3 is 10.1 Å². The summed E-state index contributed by atoms with van der Waals surface area (Å²) in [6.45, 7) is 2.93. The number of carbonyl (C=O) groups is 1. The zero-order chi connectivity index (χ0) is 15.3. The molecular weight excluding hydrogens is 273 g/mol. The second-order valence-electron chi connectivity index (χ2n) is 4.33. The van der Waals surface area contributed by atoms with Crippen LogP contribution in [0.3, 0.4) is 0 Å². The van der Waals surface area contributed by atoms with Crippen molar-refractivity contribution < 1.29 is 22.7 Å². The molecular formula is C13H13F3N2O2. The minimum absolute atomic E-state index is 0.128. The molecule has 1 aromatic rings. The molecule has 1 aromatic carbocycles. The first-order valence-electron chi connectivity index (χ1n) is 5.77. The number of ether oxygens (including phenoxy) is 1. The van der Waals surface area contributed by atoms with Crippen LogP contribution in [0.4, 0.5) is 13.2 Å². The van der Waals surface area contributed by atoms with Gasteiger partial charge in [-0.3, -0.25) is 4.79 Å². The number of alkyl halides is 3. The molecule has 0 saturated carbocycles. The highest BCUT2D eigenvalue weighted by atomic mass is 19.4. The molecule has 0 aromatic heterocycles. The standard InChI is InChI=1S/C13H13F3N2O2/c1-8(2)18-12(19)7-20-11-4-3-9(6-17)5-10(11)13(14,15)16/h3-5,8H,7H2,1-2H3,(H,18,19). The number of amides is 1. The Balaban J connectivity index is 2.90. The Bertz CT molecular complexity index is 533.